The van der Waals surface area contributed by atoms with E-state index in [0.29, 0.717) is 17.5 Å². The van der Waals surface area contributed by atoms with Crippen molar-refractivity contribution in [2.45, 2.75) is 0 Å². The normalized spacial score (nSPS) is 11.6. The van der Waals surface area contributed by atoms with E-state index in [9.17, 15) is 0 Å². The quantitative estimate of drug-likeness (QED) is 0.158. The van der Waals surface area contributed by atoms with Crippen LogP contribution in [0, 0.1) is 0 Å². The van der Waals surface area contributed by atoms with Crippen LogP contribution >= 0.6 is 0 Å². The minimum atomic E-state index is 0.577. The summed E-state index contributed by atoms with van der Waals surface area (Å²) < 4.78 is 6.47. The summed E-state index contributed by atoms with van der Waals surface area (Å²) in [5.74, 6) is 1.78. The highest BCUT2D eigenvalue weighted by Gasteiger charge is 2.19. The first-order valence-electron chi connectivity index (χ1n) is 20.6. The van der Waals surface area contributed by atoms with Crippen molar-refractivity contribution < 1.29 is 4.42 Å². The fourth-order valence-corrected chi connectivity index (χ4v) is 9.03. The summed E-state index contributed by atoms with van der Waals surface area (Å²) in [6, 6.07) is 74.7. The molecular formula is C57H35N3O. The highest BCUT2D eigenvalue weighted by Crippen LogP contribution is 2.42. The van der Waals surface area contributed by atoms with Crippen LogP contribution in [0.1, 0.15) is 0 Å². The zero-order valence-electron chi connectivity index (χ0n) is 33.0. The Labute approximate surface area is 352 Å². The number of benzene rings is 10. The summed E-state index contributed by atoms with van der Waals surface area (Å²) in [4.78, 5) is 15.5. The Morgan fingerprint density at radius 3 is 1.38 bits per heavy atom. The van der Waals surface area contributed by atoms with Crippen molar-refractivity contribution in [3.05, 3.63) is 212 Å². The van der Waals surface area contributed by atoms with Crippen molar-refractivity contribution in [3.63, 3.8) is 0 Å². The molecule has 0 saturated carbocycles. The van der Waals surface area contributed by atoms with Gasteiger partial charge in [-0.05, 0) is 96.0 Å². The standard InChI is InChI=1S/C57H35N3O/c1-3-15-36(16-4-1)38-29-32-53-52(33-38)49-31-28-40(35-54(49)61-53)56-58-55(37-17-5-2-6-18-37)59-57(60-56)50-26-14-13-24-46(50)42-20-8-7-19-41(42)39-27-30-48-45-23-10-9-21-43(45)44-22-11-12-25-47(44)51(48)34-39/h1-35H. The maximum atomic E-state index is 6.47. The maximum absolute atomic E-state index is 6.47. The number of rotatable bonds is 6. The summed E-state index contributed by atoms with van der Waals surface area (Å²) >= 11 is 0. The highest BCUT2D eigenvalue weighted by atomic mass is 16.3. The average Bonchev–Trinajstić information content (AvgIpc) is 3.72. The Balaban J connectivity index is 1.01. The molecule has 61 heavy (non-hydrogen) atoms. The van der Waals surface area contributed by atoms with Gasteiger partial charge in [0.2, 0.25) is 0 Å². The molecule has 12 aromatic rings. The zero-order valence-corrected chi connectivity index (χ0v) is 33.0. The number of hydrogen-bond acceptors (Lipinski definition) is 4. The fraction of sp³-hybridized carbons (Fsp3) is 0. The van der Waals surface area contributed by atoms with E-state index >= 15 is 0 Å². The van der Waals surface area contributed by atoms with Gasteiger partial charge in [-0.3, -0.25) is 0 Å². The first-order chi connectivity index (χ1) is 30.2. The van der Waals surface area contributed by atoms with Crippen LogP contribution < -0.4 is 0 Å². The molecule has 0 aliphatic carbocycles. The molecule has 284 valence electrons. The fourth-order valence-electron chi connectivity index (χ4n) is 9.03. The number of nitrogens with zero attached hydrogens (tertiary/aromatic N) is 3. The maximum Gasteiger partial charge on any atom is 0.164 e. The molecule has 0 amide bonds. The Morgan fingerprint density at radius 2 is 0.689 bits per heavy atom. The molecule has 0 saturated heterocycles. The summed E-state index contributed by atoms with van der Waals surface area (Å²) in [6.45, 7) is 0. The molecule has 12 rings (SSSR count). The lowest BCUT2D eigenvalue weighted by molar-refractivity contribution is 0.669. The third kappa shape index (κ3) is 5.96. The van der Waals surface area contributed by atoms with E-state index in [1.54, 1.807) is 0 Å². The van der Waals surface area contributed by atoms with Gasteiger partial charge in [0, 0.05) is 27.5 Å². The second-order valence-electron chi connectivity index (χ2n) is 15.5. The molecule has 0 N–H and O–H groups in total. The van der Waals surface area contributed by atoms with E-state index in [1.165, 1.54) is 37.9 Å². The van der Waals surface area contributed by atoms with E-state index in [4.69, 9.17) is 19.4 Å². The van der Waals surface area contributed by atoms with Gasteiger partial charge < -0.3 is 4.42 Å². The lowest BCUT2D eigenvalue weighted by atomic mass is 9.88. The molecule has 0 fully saturated rings. The van der Waals surface area contributed by atoms with Crippen LogP contribution in [0.15, 0.2) is 217 Å². The molecule has 10 aromatic carbocycles. The van der Waals surface area contributed by atoms with Gasteiger partial charge in [0.1, 0.15) is 11.2 Å². The van der Waals surface area contributed by atoms with Crippen LogP contribution in [0.25, 0.3) is 122 Å². The van der Waals surface area contributed by atoms with Crippen molar-refractivity contribution in [3.8, 4) is 67.5 Å². The van der Waals surface area contributed by atoms with Gasteiger partial charge >= 0.3 is 0 Å². The van der Waals surface area contributed by atoms with Crippen LogP contribution in [-0.4, -0.2) is 15.0 Å². The van der Waals surface area contributed by atoms with Crippen LogP contribution in [0.3, 0.4) is 0 Å². The minimum Gasteiger partial charge on any atom is -0.456 e. The lowest BCUT2D eigenvalue weighted by Gasteiger charge is -2.16. The molecule has 4 heteroatoms. The predicted octanol–water partition coefficient (Wildman–Crippen LogP) is 15.2. The number of furan rings is 1. The molecular weight excluding hydrogens is 743 g/mol. The molecule has 0 aliphatic rings. The van der Waals surface area contributed by atoms with Crippen molar-refractivity contribution in [1.29, 1.82) is 0 Å². The Morgan fingerprint density at radius 1 is 0.230 bits per heavy atom. The number of hydrogen-bond donors (Lipinski definition) is 0. The third-order valence-corrected chi connectivity index (χ3v) is 11.9. The zero-order chi connectivity index (χ0) is 40.3. The van der Waals surface area contributed by atoms with E-state index in [0.717, 1.165) is 66.4 Å². The number of aromatic nitrogens is 3. The molecule has 0 radical (unpaired) electrons. The summed E-state index contributed by atoms with van der Waals surface area (Å²) in [5, 5.41) is 9.66. The van der Waals surface area contributed by atoms with Gasteiger partial charge in [0.05, 0.1) is 0 Å². The SMILES string of the molecule is c1ccc(-c2ccc3oc4cc(-c5nc(-c6ccccc6)nc(-c6ccccc6-c6ccccc6-c6ccc7c8ccccc8c8ccccc8c7c6)n5)ccc4c3c2)cc1. The first kappa shape index (κ1) is 34.8. The predicted molar refractivity (Wildman–Crippen MR) is 252 cm³/mol. The average molecular weight is 778 g/mol. The lowest BCUT2D eigenvalue weighted by Crippen LogP contribution is -2.01. The van der Waals surface area contributed by atoms with Gasteiger partial charge in [-0.1, -0.05) is 182 Å². The second kappa shape index (κ2) is 14.3. The van der Waals surface area contributed by atoms with Gasteiger partial charge in [0.25, 0.3) is 0 Å². The van der Waals surface area contributed by atoms with Crippen molar-refractivity contribution in [2.24, 2.45) is 0 Å². The van der Waals surface area contributed by atoms with E-state index < -0.39 is 0 Å². The summed E-state index contributed by atoms with van der Waals surface area (Å²) in [6.07, 6.45) is 0. The first-order valence-corrected chi connectivity index (χ1v) is 20.6. The van der Waals surface area contributed by atoms with Crippen LogP contribution in [0.4, 0.5) is 0 Å². The minimum absolute atomic E-state index is 0.577. The monoisotopic (exact) mass is 777 g/mol. The van der Waals surface area contributed by atoms with Crippen molar-refractivity contribution >= 4 is 54.3 Å². The Kier molecular flexibility index (Phi) is 8.13. The van der Waals surface area contributed by atoms with E-state index in [2.05, 4.69) is 176 Å². The molecule has 0 unspecified atom stereocenters. The van der Waals surface area contributed by atoms with Gasteiger partial charge in [-0.2, -0.15) is 0 Å². The molecule has 2 aromatic heterocycles. The molecule has 0 spiro atoms. The molecule has 0 bridgehead atoms. The third-order valence-electron chi connectivity index (χ3n) is 11.9. The largest absolute Gasteiger partial charge is 0.456 e. The smallest absolute Gasteiger partial charge is 0.164 e. The molecule has 0 aliphatic heterocycles. The topological polar surface area (TPSA) is 51.8 Å². The van der Waals surface area contributed by atoms with Crippen molar-refractivity contribution in [2.75, 3.05) is 0 Å². The van der Waals surface area contributed by atoms with E-state index in [1.807, 2.05) is 36.4 Å². The van der Waals surface area contributed by atoms with Gasteiger partial charge in [0.15, 0.2) is 17.5 Å². The van der Waals surface area contributed by atoms with E-state index in [-0.39, 0.29) is 0 Å². The van der Waals surface area contributed by atoms with Gasteiger partial charge in [-0.15, -0.1) is 0 Å². The number of fused-ring (bicyclic) bond motifs is 9. The summed E-state index contributed by atoms with van der Waals surface area (Å²) in [7, 11) is 0. The molecule has 4 nitrogen and oxygen atoms in total. The van der Waals surface area contributed by atoms with Crippen LogP contribution in [-0.2, 0) is 0 Å². The van der Waals surface area contributed by atoms with Crippen LogP contribution in [0.2, 0.25) is 0 Å². The van der Waals surface area contributed by atoms with Crippen molar-refractivity contribution in [1.82, 2.24) is 15.0 Å². The molecule has 0 atom stereocenters. The second-order valence-corrected chi connectivity index (χ2v) is 15.5. The Bertz CT molecular complexity index is 3610. The Hall–Kier alpha value is -8.21. The van der Waals surface area contributed by atoms with Gasteiger partial charge in [-0.25, -0.2) is 15.0 Å². The summed E-state index contributed by atoms with van der Waals surface area (Å²) in [5.41, 5.74) is 11.1. The molecule has 2 heterocycles. The highest BCUT2D eigenvalue weighted by molar-refractivity contribution is 6.25. The van der Waals surface area contributed by atoms with Crippen LogP contribution in [0.5, 0.6) is 0 Å².